The van der Waals surface area contributed by atoms with Gasteiger partial charge < -0.3 is 10.5 Å². The second kappa shape index (κ2) is 6.68. The largest absolute Gasteiger partial charge is 0.376 e. The Kier molecular flexibility index (Phi) is 4.92. The lowest BCUT2D eigenvalue weighted by atomic mass is 10.2. The Balaban J connectivity index is 2.11. The van der Waals surface area contributed by atoms with Crippen LogP contribution in [0.3, 0.4) is 0 Å². The number of aromatic nitrogens is 2. The first-order valence-electron chi connectivity index (χ1n) is 5.99. The minimum absolute atomic E-state index is 0.0775. The Morgan fingerprint density at radius 1 is 1.33 bits per heavy atom. The number of fused-ring (bicyclic) bond motifs is 1. The summed E-state index contributed by atoms with van der Waals surface area (Å²) in [6.07, 6.45) is 1.68. The minimum Gasteiger partial charge on any atom is -0.376 e. The molecule has 0 aliphatic carbocycles. The van der Waals surface area contributed by atoms with Gasteiger partial charge in [-0.3, -0.25) is 0 Å². The second-order valence-corrected chi connectivity index (χ2v) is 4.83. The van der Waals surface area contributed by atoms with E-state index in [-0.39, 0.29) is 6.10 Å². The van der Waals surface area contributed by atoms with E-state index in [1.165, 1.54) is 0 Å². The Hall–Kier alpha value is -1.17. The summed E-state index contributed by atoms with van der Waals surface area (Å²) in [5, 5.41) is 2.07. The molecule has 2 rings (SSSR count). The van der Waals surface area contributed by atoms with Crippen LogP contribution in [0, 0.1) is 0 Å². The molecule has 0 saturated carbocycles. The number of hydrogen-bond donors (Lipinski definition) is 1. The number of ether oxygens (including phenoxy) is 1. The molecule has 1 heterocycles. The van der Waals surface area contributed by atoms with E-state index in [9.17, 15) is 0 Å². The molecular weight excluding hydrogens is 246 g/mol. The lowest BCUT2D eigenvalue weighted by molar-refractivity contribution is 0.0858. The topological polar surface area (TPSA) is 61.0 Å². The van der Waals surface area contributed by atoms with Gasteiger partial charge in [0.1, 0.15) is 11.4 Å². The van der Waals surface area contributed by atoms with Crippen molar-refractivity contribution in [1.29, 1.82) is 0 Å². The molecule has 4 nitrogen and oxygen atoms in total. The number of nitrogens with two attached hydrogens (primary N) is 1. The molecule has 1 aromatic heterocycles. The van der Waals surface area contributed by atoms with Crippen molar-refractivity contribution in [2.45, 2.75) is 18.1 Å². The fourth-order valence-corrected chi connectivity index (χ4v) is 2.71. The Bertz CT molecular complexity index is 501. The van der Waals surface area contributed by atoms with Crippen molar-refractivity contribution < 1.29 is 4.74 Å². The lowest BCUT2D eigenvalue weighted by Crippen LogP contribution is -2.26. The number of rotatable bonds is 6. The Morgan fingerprint density at radius 3 is 2.94 bits per heavy atom. The van der Waals surface area contributed by atoms with Crippen molar-refractivity contribution in [3.05, 3.63) is 30.6 Å². The maximum absolute atomic E-state index is 5.66. The third kappa shape index (κ3) is 3.19. The highest BCUT2D eigenvalue weighted by molar-refractivity contribution is 7.99. The van der Waals surface area contributed by atoms with Gasteiger partial charge in [0, 0.05) is 24.3 Å². The monoisotopic (exact) mass is 263 g/mol. The maximum Gasteiger partial charge on any atom is 0.117 e. The molecule has 0 bridgehead atoms. The number of hydrogen-bond acceptors (Lipinski definition) is 5. The number of nitrogens with zero attached hydrogens (tertiary/aromatic N) is 2. The quantitative estimate of drug-likeness (QED) is 0.638. The summed E-state index contributed by atoms with van der Waals surface area (Å²) in [6, 6.07) is 8.01. The summed E-state index contributed by atoms with van der Waals surface area (Å²) in [4.78, 5) is 8.57. The van der Waals surface area contributed by atoms with Crippen LogP contribution in [0.15, 0.2) is 35.6 Å². The van der Waals surface area contributed by atoms with E-state index < -0.39 is 0 Å². The van der Waals surface area contributed by atoms with E-state index in [4.69, 9.17) is 10.5 Å². The molecule has 1 aromatic carbocycles. The summed E-state index contributed by atoms with van der Waals surface area (Å²) in [5.41, 5.74) is 6.63. The van der Waals surface area contributed by atoms with Crippen LogP contribution < -0.4 is 5.73 Å². The van der Waals surface area contributed by atoms with Gasteiger partial charge in [-0.2, -0.15) is 0 Å². The van der Waals surface area contributed by atoms with Crippen molar-refractivity contribution in [2.75, 3.05) is 18.9 Å². The van der Waals surface area contributed by atoms with Gasteiger partial charge in [-0.25, -0.2) is 9.97 Å². The molecule has 0 radical (unpaired) electrons. The molecule has 0 saturated heterocycles. The average Bonchev–Trinajstić information content (AvgIpc) is 2.43. The van der Waals surface area contributed by atoms with E-state index in [2.05, 4.69) is 9.97 Å². The number of para-hydroxylation sites is 1. The van der Waals surface area contributed by atoms with Gasteiger partial charge in [0.2, 0.25) is 0 Å². The average molecular weight is 263 g/mol. The SMILES string of the molecule is CCOC(CN)CSc1ncnc2ccccc12. The first kappa shape index (κ1) is 13.3. The van der Waals surface area contributed by atoms with Gasteiger partial charge in [-0.05, 0) is 13.0 Å². The van der Waals surface area contributed by atoms with Crippen molar-refractivity contribution in [3.63, 3.8) is 0 Å². The van der Waals surface area contributed by atoms with Crippen molar-refractivity contribution in [3.8, 4) is 0 Å². The molecule has 2 N–H and O–H groups in total. The van der Waals surface area contributed by atoms with E-state index in [1.54, 1.807) is 18.1 Å². The highest BCUT2D eigenvalue weighted by Gasteiger charge is 2.09. The maximum atomic E-state index is 5.66. The molecule has 0 fully saturated rings. The van der Waals surface area contributed by atoms with Crippen LogP contribution in [0.5, 0.6) is 0 Å². The number of thioether (sulfide) groups is 1. The van der Waals surface area contributed by atoms with E-state index in [1.807, 2.05) is 31.2 Å². The fraction of sp³-hybridized carbons (Fsp3) is 0.385. The molecule has 0 amide bonds. The van der Waals surface area contributed by atoms with Gasteiger partial charge >= 0.3 is 0 Å². The zero-order valence-electron chi connectivity index (χ0n) is 10.4. The van der Waals surface area contributed by atoms with Crippen molar-refractivity contribution in [2.24, 2.45) is 5.73 Å². The fourth-order valence-electron chi connectivity index (χ4n) is 1.69. The predicted octanol–water partition coefficient (Wildman–Crippen LogP) is 2.09. The van der Waals surface area contributed by atoms with Crippen molar-refractivity contribution >= 4 is 22.7 Å². The highest BCUT2D eigenvalue weighted by Crippen LogP contribution is 2.24. The van der Waals surface area contributed by atoms with E-state index in [0.29, 0.717) is 13.2 Å². The summed E-state index contributed by atoms with van der Waals surface area (Å²) < 4.78 is 5.54. The lowest BCUT2D eigenvalue weighted by Gasteiger charge is -2.14. The van der Waals surface area contributed by atoms with Gasteiger partial charge in [0.15, 0.2) is 0 Å². The van der Waals surface area contributed by atoms with Gasteiger partial charge in [-0.15, -0.1) is 11.8 Å². The van der Waals surface area contributed by atoms with Crippen LogP contribution in [-0.2, 0) is 4.74 Å². The summed E-state index contributed by atoms with van der Waals surface area (Å²) in [7, 11) is 0. The summed E-state index contributed by atoms with van der Waals surface area (Å²) >= 11 is 1.67. The summed E-state index contributed by atoms with van der Waals surface area (Å²) in [6.45, 7) is 3.20. The van der Waals surface area contributed by atoms with Crippen LogP contribution in [0.2, 0.25) is 0 Å². The van der Waals surface area contributed by atoms with Gasteiger partial charge in [0.25, 0.3) is 0 Å². The molecular formula is C13H17N3OS. The zero-order chi connectivity index (χ0) is 12.8. The summed E-state index contributed by atoms with van der Waals surface area (Å²) in [5.74, 6) is 0.811. The molecule has 1 atom stereocenters. The minimum atomic E-state index is 0.0775. The molecule has 18 heavy (non-hydrogen) atoms. The molecule has 5 heteroatoms. The molecule has 2 aromatic rings. The molecule has 0 aliphatic rings. The van der Waals surface area contributed by atoms with Gasteiger partial charge in [-0.1, -0.05) is 18.2 Å². The van der Waals surface area contributed by atoms with E-state index in [0.717, 1.165) is 21.7 Å². The number of benzene rings is 1. The molecule has 1 unspecified atom stereocenters. The Labute approximate surface area is 111 Å². The first-order valence-corrected chi connectivity index (χ1v) is 6.98. The third-order valence-electron chi connectivity index (χ3n) is 2.58. The highest BCUT2D eigenvalue weighted by atomic mass is 32.2. The van der Waals surface area contributed by atoms with Crippen molar-refractivity contribution in [1.82, 2.24) is 9.97 Å². The molecule has 96 valence electrons. The Morgan fingerprint density at radius 2 is 2.17 bits per heavy atom. The van der Waals surface area contributed by atoms with Crippen LogP contribution in [-0.4, -0.2) is 35.0 Å². The normalized spacial score (nSPS) is 12.8. The van der Waals surface area contributed by atoms with Gasteiger partial charge in [0.05, 0.1) is 11.6 Å². The molecule has 0 spiro atoms. The second-order valence-electron chi connectivity index (χ2n) is 3.82. The standard InChI is InChI=1S/C13H17N3OS/c1-2-17-10(7-14)8-18-13-11-5-3-4-6-12(11)15-9-16-13/h3-6,9-10H,2,7-8,14H2,1H3. The molecule has 0 aliphatic heterocycles. The first-order chi connectivity index (χ1) is 8.85. The van der Waals surface area contributed by atoms with Crippen LogP contribution >= 0.6 is 11.8 Å². The van der Waals surface area contributed by atoms with Crippen LogP contribution in [0.1, 0.15) is 6.92 Å². The van der Waals surface area contributed by atoms with E-state index >= 15 is 0 Å². The third-order valence-corrected chi connectivity index (χ3v) is 3.71. The predicted molar refractivity (Wildman–Crippen MR) is 74.7 cm³/mol. The smallest absolute Gasteiger partial charge is 0.117 e. The van der Waals surface area contributed by atoms with Crippen LogP contribution in [0.25, 0.3) is 10.9 Å². The van der Waals surface area contributed by atoms with Crippen LogP contribution in [0.4, 0.5) is 0 Å². The zero-order valence-corrected chi connectivity index (χ0v) is 11.2.